The molecule has 1 aromatic heterocycles. The zero-order valence-electron chi connectivity index (χ0n) is 27.5. The molecule has 0 aliphatic heterocycles. The average Bonchev–Trinajstić information content (AvgIpc) is 3.53. The lowest BCUT2D eigenvalue weighted by Crippen LogP contribution is -2.13. The fourth-order valence-corrected chi connectivity index (χ4v) is 7.22. The predicted octanol–water partition coefficient (Wildman–Crippen LogP) is 13.3. The Bertz CT molecular complexity index is 2500. The van der Waals surface area contributed by atoms with Gasteiger partial charge in [0.2, 0.25) is 0 Å². The number of hydrogen-bond donors (Lipinski definition) is 0. The van der Waals surface area contributed by atoms with Gasteiger partial charge in [0.15, 0.2) is 0 Å². The topological polar surface area (TPSA) is 8.17 Å². The molecule has 0 unspecified atom stereocenters. The lowest BCUT2D eigenvalue weighted by atomic mass is 10.0. The average molecular weight is 639 g/mol. The molecule has 0 saturated heterocycles. The second-order valence-electron chi connectivity index (χ2n) is 12.6. The van der Waals surface area contributed by atoms with Crippen molar-refractivity contribution in [2.45, 2.75) is 0 Å². The second kappa shape index (κ2) is 12.8. The van der Waals surface area contributed by atoms with Gasteiger partial charge in [0, 0.05) is 22.1 Å². The van der Waals surface area contributed by atoms with E-state index in [9.17, 15) is 0 Å². The highest BCUT2D eigenvalue weighted by atomic mass is 15.2. The lowest BCUT2D eigenvalue weighted by Gasteiger charge is -2.29. The highest BCUT2D eigenvalue weighted by molar-refractivity contribution is 6.11. The summed E-state index contributed by atoms with van der Waals surface area (Å²) in [6, 6.07) is 74.1. The van der Waals surface area contributed by atoms with Crippen LogP contribution >= 0.6 is 0 Å². The smallest absolute Gasteiger partial charge is 0.0702 e. The van der Waals surface area contributed by atoms with Gasteiger partial charge in [-0.1, -0.05) is 152 Å². The molecule has 9 aromatic rings. The van der Waals surface area contributed by atoms with E-state index in [4.69, 9.17) is 0 Å². The van der Waals surface area contributed by atoms with E-state index in [0.29, 0.717) is 0 Å². The number of nitrogens with zero attached hydrogens (tertiary/aromatic N) is 2. The Morgan fingerprint density at radius 3 is 1.36 bits per heavy atom. The van der Waals surface area contributed by atoms with E-state index in [2.05, 4.69) is 216 Å². The summed E-state index contributed by atoms with van der Waals surface area (Å²) in [5.74, 6) is 0. The molecule has 50 heavy (non-hydrogen) atoms. The zero-order chi connectivity index (χ0) is 33.3. The Morgan fingerprint density at radius 2 is 0.760 bits per heavy atom. The predicted molar refractivity (Wildman–Crippen MR) is 212 cm³/mol. The summed E-state index contributed by atoms with van der Waals surface area (Å²) in [6.45, 7) is 0. The molecule has 2 heteroatoms. The fourth-order valence-electron chi connectivity index (χ4n) is 7.22. The van der Waals surface area contributed by atoms with E-state index < -0.39 is 0 Å². The molecule has 0 fully saturated rings. The SMILES string of the molecule is c1ccc(-c2cccc(N(c3cccc(-c4ccccc4)c3)c3ccccc3-n3c4ccccc4c4cc(-c5ccccc5)ccc43)c2)cc1. The van der Waals surface area contributed by atoms with Crippen molar-refractivity contribution in [1.29, 1.82) is 0 Å². The number of anilines is 3. The molecular formula is C48H34N2. The molecule has 0 amide bonds. The molecule has 0 aliphatic carbocycles. The fraction of sp³-hybridized carbons (Fsp3) is 0. The maximum atomic E-state index is 2.43. The summed E-state index contributed by atoms with van der Waals surface area (Å²) in [5, 5.41) is 2.47. The first kappa shape index (κ1) is 29.5. The number of hydrogen-bond acceptors (Lipinski definition) is 1. The minimum Gasteiger partial charge on any atom is -0.308 e. The third-order valence-corrected chi connectivity index (χ3v) is 9.57. The number of para-hydroxylation sites is 3. The molecule has 1 heterocycles. The number of benzene rings is 8. The van der Waals surface area contributed by atoms with Gasteiger partial charge in [-0.3, -0.25) is 0 Å². The van der Waals surface area contributed by atoms with Crippen molar-refractivity contribution in [2.75, 3.05) is 4.90 Å². The maximum absolute atomic E-state index is 2.43. The standard InChI is InChI=1S/C48H34N2/c1-4-16-35(17-5-1)38-22-14-24-41(32-38)49(42-25-15-23-39(33-42)36-18-6-2-7-19-36)47-28-12-13-29-48(47)50-45-27-11-10-26-43(45)44-34-40(30-31-46(44)50)37-20-8-3-9-21-37/h1-34H. The van der Waals surface area contributed by atoms with Gasteiger partial charge in [0.05, 0.1) is 22.4 Å². The summed E-state index contributed by atoms with van der Waals surface area (Å²) >= 11 is 0. The monoisotopic (exact) mass is 638 g/mol. The molecule has 8 aromatic carbocycles. The summed E-state index contributed by atoms with van der Waals surface area (Å²) in [7, 11) is 0. The summed E-state index contributed by atoms with van der Waals surface area (Å²) in [5.41, 5.74) is 13.9. The summed E-state index contributed by atoms with van der Waals surface area (Å²) in [6.07, 6.45) is 0. The van der Waals surface area contributed by atoms with Gasteiger partial charge in [-0.05, 0) is 88.0 Å². The van der Waals surface area contributed by atoms with Gasteiger partial charge in [0.25, 0.3) is 0 Å². The highest BCUT2D eigenvalue weighted by Gasteiger charge is 2.21. The van der Waals surface area contributed by atoms with Gasteiger partial charge < -0.3 is 9.47 Å². The van der Waals surface area contributed by atoms with E-state index in [0.717, 1.165) is 22.7 Å². The van der Waals surface area contributed by atoms with Crippen molar-refractivity contribution in [1.82, 2.24) is 4.57 Å². The first-order chi connectivity index (χ1) is 24.8. The maximum Gasteiger partial charge on any atom is 0.0702 e. The number of aromatic nitrogens is 1. The third kappa shape index (κ3) is 5.34. The molecule has 0 aliphatic rings. The van der Waals surface area contributed by atoms with Gasteiger partial charge in [-0.2, -0.15) is 0 Å². The van der Waals surface area contributed by atoms with Crippen molar-refractivity contribution < 1.29 is 0 Å². The van der Waals surface area contributed by atoms with Crippen molar-refractivity contribution in [3.05, 3.63) is 206 Å². The van der Waals surface area contributed by atoms with Crippen LogP contribution in [-0.4, -0.2) is 4.57 Å². The van der Waals surface area contributed by atoms with Gasteiger partial charge in [-0.15, -0.1) is 0 Å². The van der Waals surface area contributed by atoms with Crippen LogP contribution in [0.3, 0.4) is 0 Å². The zero-order valence-corrected chi connectivity index (χ0v) is 27.5. The number of rotatable bonds is 7. The van der Waals surface area contributed by atoms with E-state index in [1.165, 1.54) is 55.2 Å². The van der Waals surface area contributed by atoms with Crippen molar-refractivity contribution in [2.24, 2.45) is 0 Å². The number of fused-ring (bicyclic) bond motifs is 3. The van der Waals surface area contributed by atoms with E-state index in [1.54, 1.807) is 0 Å². The minimum absolute atomic E-state index is 1.09. The Hall–Kier alpha value is -6.64. The van der Waals surface area contributed by atoms with Crippen LogP contribution in [0.25, 0.3) is 60.9 Å². The van der Waals surface area contributed by atoms with E-state index in [-0.39, 0.29) is 0 Å². The molecule has 236 valence electrons. The Labute approximate surface area is 292 Å². The highest BCUT2D eigenvalue weighted by Crippen LogP contribution is 2.43. The van der Waals surface area contributed by atoms with Crippen LogP contribution in [0, 0.1) is 0 Å². The largest absolute Gasteiger partial charge is 0.308 e. The lowest BCUT2D eigenvalue weighted by molar-refractivity contribution is 1.15. The van der Waals surface area contributed by atoms with Crippen LogP contribution < -0.4 is 4.90 Å². The van der Waals surface area contributed by atoms with Gasteiger partial charge in [0.1, 0.15) is 0 Å². The first-order valence-corrected chi connectivity index (χ1v) is 17.1. The molecule has 2 nitrogen and oxygen atoms in total. The third-order valence-electron chi connectivity index (χ3n) is 9.57. The molecule has 0 bridgehead atoms. The Morgan fingerprint density at radius 1 is 0.300 bits per heavy atom. The van der Waals surface area contributed by atoms with Crippen LogP contribution in [0.4, 0.5) is 17.1 Å². The van der Waals surface area contributed by atoms with Crippen LogP contribution in [0.2, 0.25) is 0 Å². The molecule has 9 rings (SSSR count). The van der Waals surface area contributed by atoms with Gasteiger partial charge >= 0.3 is 0 Å². The van der Waals surface area contributed by atoms with Crippen LogP contribution in [0.15, 0.2) is 206 Å². The minimum atomic E-state index is 1.09. The molecule has 0 atom stereocenters. The van der Waals surface area contributed by atoms with Crippen molar-refractivity contribution in [3.8, 4) is 39.1 Å². The molecule has 0 saturated carbocycles. The van der Waals surface area contributed by atoms with Crippen molar-refractivity contribution >= 4 is 38.9 Å². The van der Waals surface area contributed by atoms with Crippen molar-refractivity contribution in [3.63, 3.8) is 0 Å². The Kier molecular flexibility index (Phi) is 7.53. The van der Waals surface area contributed by atoms with E-state index in [1.807, 2.05) is 0 Å². The molecular weight excluding hydrogens is 605 g/mol. The Balaban J connectivity index is 1.29. The summed E-state index contributed by atoms with van der Waals surface area (Å²) in [4.78, 5) is 2.41. The van der Waals surface area contributed by atoms with Crippen LogP contribution in [0.1, 0.15) is 0 Å². The normalized spacial score (nSPS) is 11.2. The van der Waals surface area contributed by atoms with Gasteiger partial charge in [-0.25, -0.2) is 0 Å². The quantitative estimate of drug-likeness (QED) is 0.169. The molecule has 0 spiro atoms. The second-order valence-corrected chi connectivity index (χ2v) is 12.6. The van der Waals surface area contributed by atoms with E-state index >= 15 is 0 Å². The summed E-state index contributed by atoms with van der Waals surface area (Å²) < 4.78 is 2.43. The van der Waals surface area contributed by atoms with Crippen LogP contribution in [-0.2, 0) is 0 Å². The first-order valence-electron chi connectivity index (χ1n) is 17.1. The molecule has 0 N–H and O–H groups in total. The van der Waals surface area contributed by atoms with Crippen LogP contribution in [0.5, 0.6) is 0 Å². The molecule has 0 radical (unpaired) electrons.